The van der Waals surface area contributed by atoms with Gasteiger partial charge in [0.15, 0.2) is 11.6 Å². The molecule has 1 atom stereocenters. The standard InChI is InChI=1S/C18H16F2N2O3/c19-15-4-3-14(8-16(15)20)25-10-13(23)9-22-18(24)12-2-1-11-5-6-21-17(11)7-12/h1-8,13,21,23H,9-10H2,(H,22,24). The van der Waals surface area contributed by atoms with Crippen molar-refractivity contribution in [3.05, 3.63) is 65.9 Å². The van der Waals surface area contributed by atoms with E-state index in [1.54, 1.807) is 18.3 Å². The monoisotopic (exact) mass is 346 g/mol. The van der Waals surface area contributed by atoms with Crippen LogP contribution >= 0.6 is 0 Å². The molecule has 1 aromatic heterocycles. The second kappa shape index (κ2) is 7.31. The van der Waals surface area contributed by atoms with Crippen molar-refractivity contribution in [2.24, 2.45) is 0 Å². The van der Waals surface area contributed by atoms with Crippen molar-refractivity contribution in [1.29, 1.82) is 0 Å². The number of amides is 1. The van der Waals surface area contributed by atoms with Crippen LogP contribution in [-0.4, -0.2) is 35.3 Å². The maximum atomic E-state index is 13.1. The van der Waals surface area contributed by atoms with E-state index in [1.807, 2.05) is 12.1 Å². The highest BCUT2D eigenvalue weighted by molar-refractivity contribution is 5.97. The number of fused-ring (bicyclic) bond motifs is 1. The number of aromatic amines is 1. The molecule has 0 radical (unpaired) electrons. The lowest BCUT2D eigenvalue weighted by Crippen LogP contribution is -2.35. The quantitative estimate of drug-likeness (QED) is 0.642. The molecule has 3 aromatic rings. The van der Waals surface area contributed by atoms with Crippen molar-refractivity contribution in [2.45, 2.75) is 6.10 Å². The van der Waals surface area contributed by atoms with Crippen LogP contribution < -0.4 is 10.1 Å². The first kappa shape index (κ1) is 16.9. The maximum absolute atomic E-state index is 13.1. The molecule has 3 N–H and O–H groups in total. The summed E-state index contributed by atoms with van der Waals surface area (Å²) in [6, 6.07) is 10.2. The molecule has 0 aliphatic carbocycles. The molecule has 5 nitrogen and oxygen atoms in total. The number of aromatic nitrogens is 1. The van der Waals surface area contributed by atoms with E-state index >= 15 is 0 Å². The number of aliphatic hydroxyl groups excluding tert-OH is 1. The van der Waals surface area contributed by atoms with Crippen LogP contribution in [0.2, 0.25) is 0 Å². The van der Waals surface area contributed by atoms with Crippen molar-refractivity contribution in [1.82, 2.24) is 10.3 Å². The van der Waals surface area contributed by atoms with Crippen LogP contribution in [0.5, 0.6) is 5.75 Å². The Morgan fingerprint density at radius 3 is 2.80 bits per heavy atom. The first-order valence-electron chi connectivity index (χ1n) is 7.64. The molecule has 3 rings (SSSR count). The number of ether oxygens (including phenoxy) is 1. The molecule has 1 unspecified atom stereocenters. The lowest BCUT2D eigenvalue weighted by molar-refractivity contribution is 0.0843. The summed E-state index contributed by atoms with van der Waals surface area (Å²) in [6.07, 6.45) is 0.789. The van der Waals surface area contributed by atoms with E-state index in [0.717, 1.165) is 23.0 Å². The molecule has 0 bridgehead atoms. The van der Waals surface area contributed by atoms with Gasteiger partial charge < -0.3 is 20.1 Å². The normalized spacial score (nSPS) is 12.1. The van der Waals surface area contributed by atoms with Gasteiger partial charge in [-0.15, -0.1) is 0 Å². The predicted octanol–water partition coefficient (Wildman–Crippen LogP) is 2.62. The zero-order valence-electron chi connectivity index (χ0n) is 13.1. The average molecular weight is 346 g/mol. The smallest absolute Gasteiger partial charge is 0.251 e. The number of hydrogen-bond acceptors (Lipinski definition) is 3. The number of carbonyl (C=O) groups is 1. The third-order valence-corrected chi connectivity index (χ3v) is 3.65. The Labute approximate surface area is 142 Å². The SMILES string of the molecule is O=C(NCC(O)COc1ccc(F)c(F)c1)c1ccc2cc[nH]c2c1. The van der Waals surface area contributed by atoms with E-state index in [9.17, 15) is 18.7 Å². The van der Waals surface area contributed by atoms with Gasteiger partial charge in [-0.1, -0.05) is 6.07 Å². The topological polar surface area (TPSA) is 74.3 Å². The summed E-state index contributed by atoms with van der Waals surface area (Å²) >= 11 is 0. The Kier molecular flexibility index (Phi) is 4.95. The first-order chi connectivity index (χ1) is 12.0. The molecule has 0 fully saturated rings. The minimum atomic E-state index is -1.03. The second-order valence-corrected chi connectivity index (χ2v) is 5.53. The maximum Gasteiger partial charge on any atom is 0.251 e. The molecule has 0 aliphatic heterocycles. The van der Waals surface area contributed by atoms with Crippen molar-refractivity contribution < 1.29 is 23.4 Å². The van der Waals surface area contributed by atoms with Gasteiger partial charge in [-0.25, -0.2) is 8.78 Å². The van der Waals surface area contributed by atoms with E-state index in [4.69, 9.17) is 4.74 Å². The molecule has 0 spiro atoms. The Bertz CT molecular complexity index is 895. The number of rotatable bonds is 6. The van der Waals surface area contributed by atoms with Gasteiger partial charge in [-0.2, -0.15) is 0 Å². The number of nitrogens with one attached hydrogen (secondary N) is 2. The number of benzene rings is 2. The second-order valence-electron chi connectivity index (χ2n) is 5.53. The zero-order chi connectivity index (χ0) is 17.8. The minimum absolute atomic E-state index is 0.0364. The van der Waals surface area contributed by atoms with Gasteiger partial charge in [0, 0.05) is 29.9 Å². The van der Waals surface area contributed by atoms with Gasteiger partial charge in [-0.05, 0) is 35.7 Å². The van der Waals surface area contributed by atoms with Crippen LogP contribution in [0.25, 0.3) is 10.9 Å². The van der Waals surface area contributed by atoms with Gasteiger partial charge >= 0.3 is 0 Å². The lowest BCUT2D eigenvalue weighted by Gasteiger charge is -2.13. The highest BCUT2D eigenvalue weighted by Crippen LogP contribution is 2.16. The Hall–Kier alpha value is -2.93. The highest BCUT2D eigenvalue weighted by Gasteiger charge is 2.11. The van der Waals surface area contributed by atoms with Crippen molar-refractivity contribution in [3.8, 4) is 5.75 Å². The van der Waals surface area contributed by atoms with Crippen molar-refractivity contribution >= 4 is 16.8 Å². The van der Waals surface area contributed by atoms with E-state index in [1.165, 1.54) is 6.07 Å². The number of aliphatic hydroxyl groups is 1. The van der Waals surface area contributed by atoms with E-state index < -0.39 is 17.7 Å². The van der Waals surface area contributed by atoms with Crippen molar-refractivity contribution in [2.75, 3.05) is 13.2 Å². The van der Waals surface area contributed by atoms with Crippen LogP contribution in [-0.2, 0) is 0 Å². The molecule has 1 heterocycles. The molecular weight excluding hydrogens is 330 g/mol. The Balaban J connectivity index is 1.50. The van der Waals surface area contributed by atoms with Gasteiger partial charge in [0.1, 0.15) is 18.5 Å². The van der Waals surface area contributed by atoms with Crippen molar-refractivity contribution in [3.63, 3.8) is 0 Å². The molecule has 1 amide bonds. The summed E-state index contributed by atoms with van der Waals surface area (Å²) in [5, 5.41) is 13.4. The summed E-state index contributed by atoms with van der Waals surface area (Å²) in [6.45, 7) is -0.202. The fourth-order valence-corrected chi connectivity index (χ4v) is 2.32. The molecule has 7 heteroatoms. The van der Waals surface area contributed by atoms with E-state index in [-0.39, 0.29) is 24.8 Å². The minimum Gasteiger partial charge on any atom is -0.491 e. The lowest BCUT2D eigenvalue weighted by atomic mass is 10.1. The number of hydrogen-bond donors (Lipinski definition) is 3. The van der Waals surface area contributed by atoms with Gasteiger partial charge in [-0.3, -0.25) is 4.79 Å². The van der Waals surface area contributed by atoms with Crippen LogP contribution in [0.15, 0.2) is 48.7 Å². The summed E-state index contributed by atoms with van der Waals surface area (Å²) < 4.78 is 31.0. The molecular formula is C18H16F2N2O3. The van der Waals surface area contributed by atoms with E-state index in [0.29, 0.717) is 5.56 Å². The van der Waals surface area contributed by atoms with E-state index in [2.05, 4.69) is 10.3 Å². The zero-order valence-corrected chi connectivity index (χ0v) is 13.1. The average Bonchev–Trinajstić information content (AvgIpc) is 3.08. The van der Waals surface area contributed by atoms with Crippen LogP contribution in [0, 0.1) is 11.6 Å². The van der Waals surface area contributed by atoms with Gasteiger partial charge in [0.25, 0.3) is 5.91 Å². The van der Waals surface area contributed by atoms with Gasteiger partial charge in [0.05, 0.1) is 0 Å². The highest BCUT2D eigenvalue weighted by atomic mass is 19.2. The third kappa shape index (κ3) is 4.13. The molecule has 0 saturated carbocycles. The number of carbonyl (C=O) groups excluding carboxylic acids is 1. The van der Waals surface area contributed by atoms with Crippen LogP contribution in [0.1, 0.15) is 10.4 Å². The third-order valence-electron chi connectivity index (χ3n) is 3.65. The Morgan fingerprint density at radius 1 is 1.16 bits per heavy atom. The Morgan fingerprint density at radius 2 is 2.00 bits per heavy atom. The summed E-state index contributed by atoms with van der Waals surface area (Å²) in [7, 11) is 0. The van der Waals surface area contributed by atoms with Crippen LogP contribution in [0.3, 0.4) is 0 Å². The summed E-state index contributed by atoms with van der Waals surface area (Å²) in [4.78, 5) is 15.1. The predicted molar refractivity (Wildman–Crippen MR) is 88.5 cm³/mol. The number of halogens is 2. The summed E-state index contributed by atoms with van der Waals surface area (Å²) in [5.41, 5.74) is 1.30. The largest absolute Gasteiger partial charge is 0.491 e. The van der Waals surface area contributed by atoms with Crippen LogP contribution in [0.4, 0.5) is 8.78 Å². The fraction of sp³-hybridized carbons (Fsp3) is 0.167. The molecule has 130 valence electrons. The molecule has 0 saturated heterocycles. The number of H-pyrrole nitrogens is 1. The first-order valence-corrected chi connectivity index (χ1v) is 7.64. The fourth-order valence-electron chi connectivity index (χ4n) is 2.32. The van der Waals surface area contributed by atoms with Gasteiger partial charge in [0.2, 0.25) is 0 Å². The summed E-state index contributed by atoms with van der Waals surface area (Å²) in [5.74, 6) is -2.23. The molecule has 25 heavy (non-hydrogen) atoms. The molecule has 2 aromatic carbocycles. The molecule has 0 aliphatic rings.